The molecular formula is C34H40ClF3N6O4. The molecular weight excluding hydrogens is 649 g/mol. The van der Waals surface area contributed by atoms with Crippen molar-refractivity contribution in [1.82, 2.24) is 25.5 Å². The minimum absolute atomic E-state index is 0.00147. The number of aromatic nitrogens is 2. The van der Waals surface area contributed by atoms with Crippen LogP contribution < -0.4 is 20.3 Å². The van der Waals surface area contributed by atoms with E-state index < -0.39 is 17.8 Å². The van der Waals surface area contributed by atoms with Gasteiger partial charge < -0.3 is 25.0 Å². The molecule has 0 radical (unpaired) electrons. The number of hydrogen-bond donors (Lipinski definition) is 2. The molecule has 2 aromatic heterocycles. The molecule has 4 heterocycles. The Morgan fingerprint density at radius 3 is 2.19 bits per heavy atom. The van der Waals surface area contributed by atoms with E-state index in [0.29, 0.717) is 21.7 Å². The van der Waals surface area contributed by atoms with Gasteiger partial charge in [-0.15, -0.1) is 13.2 Å². The van der Waals surface area contributed by atoms with Gasteiger partial charge in [0.1, 0.15) is 11.4 Å². The van der Waals surface area contributed by atoms with Crippen molar-refractivity contribution in [2.24, 2.45) is 0 Å². The van der Waals surface area contributed by atoms with Crippen molar-refractivity contribution in [3.8, 4) is 17.0 Å². The highest BCUT2D eigenvalue weighted by atomic mass is 35.5. The Hall–Kier alpha value is -4.10. The van der Waals surface area contributed by atoms with E-state index in [1.165, 1.54) is 12.3 Å². The van der Waals surface area contributed by atoms with Crippen LogP contribution in [0.1, 0.15) is 62.4 Å². The Balaban J connectivity index is 1.06. The number of nitrogens with zero attached hydrogens (tertiary/aromatic N) is 4. The van der Waals surface area contributed by atoms with E-state index in [1.54, 1.807) is 18.2 Å². The van der Waals surface area contributed by atoms with E-state index in [2.05, 4.69) is 36.2 Å². The molecule has 0 atom stereocenters. The number of rotatable bonds is 8. The zero-order valence-corrected chi connectivity index (χ0v) is 27.9. The van der Waals surface area contributed by atoms with Gasteiger partial charge >= 0.3 is 12.5 Å². The Morgan fingerprint density at radius 2 is 1.58 bits per heavy atom. The van der Waals surface area contributed by atoms with Crippen LogP contribution in [0.5, 0.6) is 5.88 Å². The van der Waals surface area contributed by atoms with Gasteiger partial charge in [-0.3, -0.25) is 9.69 Å². The summed E-state index contributed by atoms with van der Waals surface area (Å²) in [5, 5.41) is 6.41. The summed E-state index contributed by atoms with van der Waals surface area (Å²) in [5.74, 6) is 0.0876. The summed E-state index contributed by atoms with van der Waals surface area (Å²) >= 11 is 6.34. The minimum Gasteiger partial charge on any atom is -0.444 e. The fourth-order valence-electron chi connectivity index (χ4n) is 5.79. The van der Waals surface area contributed by atoms with Crippen molar-refractivity contribution in [3.63, 3.8) is 0 Å². The van der Waals surface area contributed by atoms with Gasteiger partial charge in [-0.1, -0.05) is 17.7 Å². The lowest BCUT2D eigenvalue weighted by Gasteiger charge is -2.34. The minimum atomic E-state index is -4.84. The average Bonchev–Trinajstić information content (AvgIpc) is 3.02. The number of alkyl halides is 3. The summed E-state index contributed by atoms with van der Waals surface area (Å²) in [6.07, 6.45) is 1.14. The van der Waals surface area contributed by atoms with Gasteiger partial charge in [0.2, 0.25) is 5.88 Å². The van der Waals surface area contributed by atoms with Gasteiger partial charge in [0.25, 0.3) is 5.91 Å². The molecule has 2 amide bonds. The van der Waals surface area contributed by atoms with Crippen LogP contribution in [0.4, 0.5) is 23.8 Å². The lowest BCUT2D eigenvalue weighted by Crippen LogP contribution is -2.46. The number of hydrogen-bond acceptors (Lipinski definition) is 8. The summed E-state index contributed by atoms with van der Waals surface area (Å²) in [4.78, 5) is 38.2. The third-order valence-corrected chi connectivity index (χ3v) is 8.50. The van der Waals surface area contributed by atoms with E-state index in [4.69, 9.17) is 21.3 Å². The molecule has 1 aromatic carbocycles. The first kappa shape index (κ1) is 35.2. The van der Waals surface area contributed by atoms with Gasteiger partial charge in [-0.2, -0.15) is 0 Å². The number of carbonyl (C=O) groups is 2. The average molecular weight is 689 g/mol. The van der Waals surface area contributed by atoms with E-state index >= 15 is 0 Å². The van der Waals surface area contributed by atoms with Crippen LogP contribution in [0, 0.1) is 0 Å². The first-order valence-corrected chi connectivity index (χ1v) is 16.3. The maximum atomic E-state index is 13.1. The lowest BCUT2D eigenvalue weighted by molar-refractivity contribution is -0.276. The summed E-state index contributed by atoms with van der Waals surface area (Å²) in [6, 6.07) is 11.5. The van der Waals surface area contributed by atoms with E-state index in [0.717, 1.165) is 75.9 Å². The van der Waals surface area contributed by atoms with Crippen LogP contribution in [0.25, 0.3) is 11.1 Å². The largest absolute Gasteiger partial charge is 0.574 e. The zero-order chi connectivity index (χ0) is 34.5. The second kappa shape index (κ2) is 15.0. The molecule has 0 unspecified atom stereocenters. The molecule has 2 saturated heterocycles. The SMILES string of the molecule is CC(C)(C)OC(=O)NC1CCN(c2ccc(CN3CCC(NC(=O)c4ccc(Cl)c(-c5ccc(OC(F)(F)F)nc5)c4)CC3)cn2)CC1. The number of ether oxygens (including phenoxy) is 2. The molecule has 0 aliphatic carbocycles. The molecule has 0 bridgehead atoms. The van der Waals surface area contributed by atoms with Crippen molar-refractivity contribution in [2.45, 2.75) is 77.0 Å². The smallest absolute Gasteiger partial charge is 0.444 e. The quantitative estimate of drug-likeness (QED) is 0.273. The van der Waals surface area contributed by atoms with E-state index in [1.807, 2.05) is 33.0 Å². The first-order chi connectivity index (χ1) is 22.7. The molecule has 0 saturated carbocycles. The van der Waals surface area contributed by atoms with Crippen molar-refractivity contribution in [2.75, 3.05) is 31.1 Å². The molecule has 14 heteroatoms. The maximum absolute atomic E-state index is 13.1. The van der Waals surface area contributed by atoms with Gasteiger partial charge in [0, 0.05) is 85.0 Å². The van der Waals surface area contributed by atoms with Crippen molar-refractivity contribution in [3.05, 3.63) is 71.0 Å². The fourth-order valence-corrected chi connectivity index (χ4v) is 6.02. The predicted octanol–water partition coefficient (Wildman–Crippen LogP) is 6.58. The van der Waals surface area contributed by atoms with Crippen LogP contribution in [0.3, 0.4) is 0 Å². The highest BCUT2D eigenvalue weighted by molar-refractivity contribution is 6.33. The van der Waals surface area contributed by atoms with Gasteiger partial charge in [-0.05, 0) is 82.3 Å². The number of halogens is 4. The number of piperidine rings is 2. The van der Waals surface area contributed by atoms with Crippen molar-refractivity contribution >= 4 is 29.4 Å². The molecule has 2 aliphatic rings. The Morgan fingerprint density at radius 1 is 0.896 bits per heavy atom. The summed E-state index contributed by atoms with van der Waals surface area (Å²) in [6.45, 7) is 9.54. The second-order valence-electron chi connectivity index (χ2n) is 13.1. The normalized spacial score (nSPS) is 16.8. The molecule has 258 valence electrons. The molecule has 2 aliphatic heterocycles. The Kier molecular flexibility index (Phi) is 11.0. The lowest BCUT2D eigenvalue weighted by atomic mass is 10.0. The van der Waals surface area contributed by atoms with Gasteiger partial charge in [0.15, 0.2) is 0 Å². The Labute approximate surface area is 283 Å². The first-order valence-electron chi connectivity index (χ1n) is 15.9. The molecule has 2 fully saturated rings. The third-order valence-electron chi connectivity index (χ3n) is 8.17. The highest BCUT2D eigenvalue weighted by Gasteiger charge is 2.32. The van der Waals surface area contributed by atoms with Crippen LogP contribution >= 0.6 is 11.6 Å². The number of benzene rings is 1. The number of anilines is 1. The topological polar surface area (TPSA) is 109 Å². The second-order valence-corrected chi connectivity index (χ2v) is 13.5. The number of amides is 2. The van der Waals surface area contributed by atoms with Crippen LogP contribution in [-0.4, -0.2) is 77.1 Å². The number of carbonyl (C=O) groups excluding carboxylic acids is 2. The van der Waals surface area contributed by atoms with Crippen molar-refractivity contribution < 1.29 is 32.2 Å². The number of nitrogens with one attached hydrogen (secondary N) is 2. The zero-order valence-electron chi connectivity index (χ0n) is 27.1. The monoisotopic (exact) mass is 688 g/mol. The van der Waals surface area contributed by atoms with Gasteiger partial charge in [0.05, 0.1) is 0 Å². The maximum Gasteiger partial charge on any atom is 0.574 e. The number of likely N-dealkylation sites (tertiary alicyclic amines) is 1. The molecule has 10 nitrogen and oxygen atoms in total. The molecule has 48 heavy (non-hydrogen) atoms. The van der Waals surface area contributed by atoms with Crippen LogP contribution in [0.2, 0.25) is 5.02 Å². The molecule has 3 aromatic rings. The summed E-state index contributed by atoms with van der Waals surface area (Å²) in [5.41, 5.74) is 1.92. The van der Waals surface area contributed by atoms with Crippen LogP contribution in [0.15, 0.2) is 54.9 Å². The molecule has 0 spiro atoms. The van der Waals surface area contributed by atoms with E-state index in [-0.39, 0.29) is 24.1 Å². The predicted molar refractivity (Wildman–Crippen MR) is 176 cm³/mol. The summed E-state index contributed by atoms with van der Waals surface area (Å²) < 4.78 is 46.6. The van der Waals surface area contributed by atoms with Crippen molar-refractivity contribution in [1.29, 1.82) is 0 Å². The standard InChI is InChI=1S/C34H40ClF3N6O4/c1-33(2,3)48-32(46)42-26-12-16-44(17-13-26)29-8-4-22(19-39-29)21-43-14-10-25(11-15-43)41-31(45)23-5-7-28(35)27(18-23)24-6-9-30(40-20-24)47-34(36,37)38/h4-9,18-20,25-26H,10-17,21H2,1-3H3,(H,41,45)(H,42,46). The van der Waals surface area contributed by atoms with Crippen LogP contribution in [-0.2, 0) is 11.3 Å². The molecule has 5 rings (SSSR count). The van der Waals surface area contributed by atoms with E-state index in [9.17, 15) is 22.8 Å². The number of alkyl carbamates (subject to hydrolysis) is 1. The highest BCUT2D eigenvalue weighted by Crippen LogP contribution is 2.30. The number of pyridine rings is 2. The Bertz CT molecular complexity index is 1550. The fraction of sp³-hybridized carbons (Fsp3) is 0.471. The summed E-state index contributed by atoms with van der Waals surface area (Å²) in [7, 11) is 0. The molecule has 2 N–H and O–H groups in total. The third kappa shape index (κ3) is 10.2. The van der Waals surface area contributed by atoms with Gasteiger partial charge in [-0.25, -0.2) is 14.8 Å².